The molecule has 1 aliphatic carbocycles. The quantitative estimate of drug-likeness (QED) is 0.328. The van der Waals surface area contributed by atoms with Crippen LogP contribution in [0.3, 0.4) is 0 Å². The molecule has 0 heterocycles. The average Bonchev–Trinajstić information content (AvgIpc) is 2.65. The lowest BCUT2D eigenvalue weighted by molar-refractivity contribution is 0.0981. The molecule has 118 valence electrons. The average molecular weight is 387 g/mol. The van der Waals surface area contributed by atoms with Crippen LogP contribution in [0.2, 0.25) is 0 Å². The van der Waals surface area contributed by atoms with Gasteiger partial charge in [-0.05, 0) is 39.7 Å². The fraction of sp³-hybridized carbons (Fsp3) is 0. The second-order valence-corrected chi connectivity index (χ2v) is 7.10. The molecule has 4 aromatic rings. The van der Waals surface area contributed by atoms with Crippen molar-refractivity contribution in [1.29, 1.82) is 0 Å². The first-order valence-electron chi connectivity index (χ1n) is 7.99. The number of benzene rings is 4. The maximum absolute atomic E-state index is 13.3. The van der Waals surface area contributed by atoms with E-state index >= 15 is 0 Å². The summed E-state index contributed by atoms with van der Waals surface area (Å²) in [6, 6.07) is 20.9. The van der Waals surface area contributed by atoms with Crippen LogP contribution in [0, 0.1) is 0 Å². The Kier molecular flexibility index (Phi) is 2.97. The van der Waals surface area contributed by atoms with E-state index in [4.69, 9.17) is 0 Å². The second kappa shape index (κ2) is 5.11. The third-order valence-corrected chi connectivity index (χ3v) is 5.35. The van der Waals surface area contributed by atoms with Crippen molar-refractivity contribution < 1.29 is 9.59 Å². The first-order valence-corrected chi connectivity index (χ1v) is 8.78. The lowest BCUT2D eigenvalue weighted by Gasteiger charge is -2.22. The van der Waals surface area contributed by atoms with Gasteiger partial charge in [0.1, 0.15) is 0 Å². The Hall–Kier alpha value is -2.78. The molecule has 0 N–H and O–H groups in total. The van der Waals surface area contributed by atoms with E-state index in [1.807, 2.05) is 48.5 Å². The van der Waals surface area contributed by atoms with Crippen molar-refractivity contribution in [2.75, 3.05) is 0 Å². The van der Waals surface area contributed by atoms with Crippen LogP contribution in [-0.2, 0) is 0 Å². The zero-order valence-corrected chi connectivity index (χ0v) is 14.6. The van der Waals surface area contributed by atoms with Crippen LogP contribution < -0.4 is 0 Å². The molecule has 0 bridgehead atoms. The Balaban J connectivity index is 2.03. The second-order valence-electron chi connectivity index (χ2n) is 6.19. The Morgan fingerprint density at radius 1 is 0.560 bits per heavy atom. The summed E-state index contributed by atoms with van der Waals surface area (Å²) >= 11 is 3.40. The van der Waals surface area contributed by atoms with Gasteiger partial charge in [-0.2, -0.15) is 0 Å². The highest BCUT2D eigenvalue weighted by atomic mass is 79.9. The topological polar surface area (TPSA) is 34.1 Å². The molecule has 0 saturated carbocycles. The van der Waals surface area contributed by atoms with Crippen LogP contribution in [0.4, 0.5) is 0 Å². The molecule has 0 saturated heterocycles. The molecule has 1 aliphatic rings. The van der Waals surface area contributed by atoms with Crippen molar-refractivity contribution in [3.63, 3.8) is 0 Å². The number of ketones is 2. The van der Waals surface area contributed by atoms with Gasteiger partial charge >= 0.3 is 0 Å². The molecule has 0 aromatic heterocycles. The molecule has 3 heteroatoms. The van der Waals surface area contributed by atoms with Gasteiger partial charge in [-0.1, -0.05) is 64.5 Å². The van der Waals surface area contributed by atoms with Crippen molar-refractivity contribution in [1.82, 2.24) is 0 Å². The van der Waals surface area contributed by atoms with Gasteiger partial charge in [0.05, 0.1) is 0 Å². The van der Waals surface area contributed by atoms with Crippen LogP contribution in [0.1, 0.15) is 31.8 Å². The van der Waals surface area contributed by atoms with E-state index < -0.39 is 0 Å². The van der Waals surface area contributed by atoms with Crippen LogP contribution in [-0.4, -0.2) is 11.6 Å². The zero-order valence-electron chi connectivity index (χ0n) is 13.0. The Labute approximate surface area is 152 Å². The molecular formula is C22H11BrO2. The molecular weight excluding hydrogens is 376 g/mol. The highest BCUT2D eigenvalue weighted by molar-refractivity contribution is 9.10. The molecule has 4 aromatic carbocycles. The summed E-state index contributed by atoms with van der Waals surface area (Å²) in [4.78, 5) is 26.5. The van der Waals surface area contributed by atoms with Gasteiger partial charge in [0, 0.05) is 26.7 Å². The van der Waals surface area contributed by atoms with Crippen molar-refractivity contribution in [2.45, 2.75) is 0 Å². The lowest BCUT2D eigenvalue weighted by Crippen LogP contribution is -2.21. The number of hydrogen-bond acceptors (Lipinski definition) is 2. The Morgan fingerprint density at radius 2 is 1.04 bits per heavy atom. The molecule has 0 radical (unpaired) electrons. The van der Waals surface area contributed by atoms with Crippen molar-refractivity contribution in [3.05, 3.63) is 93.5 Å². The van der Waals surface area contributed by atoms with Crippen LogP contribution in [0.5, 0.6) is 0 Å². The van der Waals surface area contributed by atoms with Crippen molar-refractivity contribution in [3.8, 4) is 0 Å². The van der Waals surface area contributed by atoms with Crippen molar-refractivity contribution in [2.24, 2.45) is 0 Å². The van der Waals surface area contributed by atoms with E-state index in [0.717, 1.165) is 26.0 Å². The summed E-state index contributed by atoms with van der Waals surface area (Å²) in [5, 5.41) is 3.67. The monoisotopic (exact) mass is 386 g/mol. The standard InChI is InChI=1S/C22H11BrO2/c23-12-9-10-17-18(11-12)22(25)20-16-8-4-2-6-14(16)13-5-1-3-7-15(13)19(20)21(17)24/h1-11H. The SMILES string of the molecule is O=C1c2ccc(Br)cc2C(=O)c2c1c1ccccc1c1ccccc21. The predicted octanol–water partition coefficient (Wildman–Crippen LogP) is 5.53. The number of rotatable bonds is 0. The summed E-state index contributed by atoms with van der Waals surface area (Å²) in [6.07, 6.45) is 0. The molecule has 0 atom stereocenters. The number of carbonyl (C=O) groups is 2. The maximum Gasteiger partial charge on any atom is 0.195 e. The molecule has 0 unspecified atom stereocenters. The molecule has 5 rings (SSSR count). The fourth-order valence-corrected chi connectivity index (χ4v) is 4.15. The van der Waals surface area contributed by atoms with E-state index in [2.05, 4.69) is 15.9 Å². The molecule has 0 amide bonds. The first kappa shape index (κ1) is 14.6. The van der Waals surface area contributed by atoms with Gasteiger partial charge < -0.3 is 0 Å². The predicted molar refractivity (Wildman–Crippen MR) is 102 cm³/mol. The van der Waals surface area contributed by atoms with Crippen LogP contribution in [0.25, 0.3) is 21.5 Å². The first-order chi connectivity index (χ1) is 12.2. The van der Waals surface area contributed by atoms with Gasteiger partial charge in [-0.25, -0.2) is 0 Å². The van der Waals surface area contributed by atoms with E-state index in [9.17, 15) is 9.59 Å². The summed E-state index contributed by atoms with van der Waals surface area (Å²) in [5.41, 5.74) is 1.98. The lowest BCUT2D eigenvalue weighted by atomic mass is 9.79. The van der Waals surface area contributed by atoms with E-state index in [0.29, 0.717) is 22.3 Å². The molecule has 25 heavy (non-hydrogen) atoms. The van der Waals surface area contributed by atoms with E-state index in [1.54, 1.807) is 18.2 Å². The Bertz CT molecular complexity index is 1240. The third kappa shape index (κ3) is 1.90. The third-order valence-electron chi connectivity index (χ3n) is 4.86. The van der Waals surface area contributed by atoms with E-state index in [-0.39, 0.29) is 11.6 Å². The summed E-state index contributed by atoms with van der Waals surface area (Å²) < 4.78 is 0.793. The summed E-state index contributed by atoms with van der Waals surface area (Å²) in [5.74, 6) is -0.174. The van der Waals surface area contributed by atoms with Crippen LogP contribution in [0.15, 0.2) is 71.2 Å². The van der Waals surface area contributed by atoms with Gasteiger partial charge in [-0.3, -0.25) is 9.59 Å². The van der Waals surface area contributed by atoms with Crippen LogP contribution >= 0.6 is 15.9 Å². The Morgan fingerprint density at radius 3 is 1.60 bits per heavy atom. The normalized spacial score (nSPS) is 13.2. The number of halogens is 1. The highest BCUT2D eigenvalue weighted by Gasteiger charge is 2.33. The molecule has 0 spiro atoms. The van der Waals surface area contributed by atoms with Gasteiger partial charge in [-0.15, -0.1) is 0 Å². The number of carbonyl (C=O) groups excluding carboxylic acids is 2. The zero-order chi connectivity index (χ0) is 17.1. The maximum atomic E-state index is 13.3. The number of hydrogen-bond donors (Lipinski definition) is 0. The summed E-state index contributed by atoms with van der Waals surface area (Å²) in [6.45, 7) is 0. The van der Waals surface area contributed by atoms with Crippen molar-refractivity contribution >= 4 is 49.0 Å². The molecule has 0 fully saturated rings. The fourth-order valence-electron chi connectivity index (χ4n) is 3.78. The minimum Gasteiger partial charge on any atom is -0.289 e. The number of fused-ring (bicyclic) bond motifs is 7. The van der Waals surface area contributed by atoms with Gasteiger partial charge in [0.15, 0.2) is 11.6 Å². The summed E-state index contributed by atoms with van der Waals surface area (Å²) in [7, 11) is 0. The van der Waals surface area contributed by atoms with Gasteiger partial charge in [0.2, 0.25) is 0 Å². The molecule has 2 nitrogen and oxygen atoms in total. The minimum absolute atomic E-state index is 0.0842. The molecule has 0 aliphatic heterocycles. The van der Waals surface area contributed by atoms with Gasteiger partial charge in [0.25, 0.3) is 0 Å². The van der Waals surface area contributed by atoms with E-state index in [1.165, 1.54) is 0 Å². The minimum atomic E-state index is -0.0900. The largest absolute Gasteiger partial charge is 0.289 e. The highest BCUT2D eigenvalue weighted by Crippen LogP contribution is 2.39. The smallest absolute Gasteiger partial charge is 0.195 e.